The summed E-state index contributed by atoms with van der Waals surface area (Å²) in [6.07, 6.45) is 1.97. The maximum atomic E-state index is 13.9. The van der Waals surface area contributed by atoms with Gasteiger partial charge in [-0.2, -0.15) is 0 Å². The number of hydrogen-bond donors (Lipinski definition) is 3. The quantitative estimate of drug-likeness (QED) is 0.333. The van der Waals surface area contributed by atoms with Crippen molar-refractivity contribution in [2.75, 3.05) is 26.2 Å². The Kier molecular flexibility index (Phi) is 11.8. The molecule has 0 saturated carbocycles. The van der Waals surface area contributed by atoms with Gasteiger partial charge in [0, 0.05) is 49.5 Å². The Morgan fingerprint density at radius 3 is 2.36 bits per heavy atom. The lowest BCUT2D eigenvalue weighted by Crippen LogP contribution is -2.52. The number of amides is 2. The molecule has 2 aromatic rings. The van der Waals surface area contributed by atoms with Crippen LogP contribution in [0.5, 0.6) is 0 Å². The molecule has 2 amide bonds. The second-order valence-electron chi connectivity index (χ2n) is 10.2. The van der Waals surface area contributed by atoms with E-state index in [-0.39, 0.29) is 30.0 Å². The Morgan fingerprint density at radius 2 is 1.72 bits per heavy atom. The van der Waals surface area contributed by atoms with Gasteiger partial charge in [-0.3, -0.25) is 9.59 Å². The van der Waals surface area contributed by atoms with Crippen molar-refractivity contribution < 1.29 is 28.2 Å². The van der Waals surface area contributed by atoms with Crippen LogP contribution in [0.2, 0.25) is 0 Å². The highest BCUT2D eigenvalue weighted by Crippen LogP contribution is 2.20. The van der Waals surface area contributed by atoms with Crippen LogP contribution in [0.3, 0.4) is 0 Å². The molecule has 2 aromatic carbocycles. The average Bonchev–Trinajstić information content (AvgIpc) is 3.39. The van der Waals surface area contributed by atoms with Crippen LogP contribution in [0, 0.1) is 11.6 Å². The van der Waals surface area contributed by atoms with E-state index >= 15 is 0 Å². The number of nitrogens with one attached hydrogen (secondary N) is 2. The van der Waals surface area contributed by atoms with E-state index in [4.69, 9.17) is 4.74 Å². The van der Waals surface area contributed by atoms with Crippen LogP contribution in [-0.2, 0) is 11.2 Å². The number of carbonyl (C=O) groups is 2. The van der Waals surface area contributed by atoms with E-state index in [1.165, 1.54) is 12.1 Å². The molecule has 1 saturated heterocycles. The van der Waals surface area contributed by atoms with Crippen LogP contribution in [0.25, 0.3) is 0 Å². The van der Waals surface area contributed by atoms with Gasteiger partial charge in [-0.25, -0.2) is 8.78 Å². The van der Waals surface area contributed by atoms with Crippen LogP contribution in [0.15, 0.2) is 42.5 Å². The van der Waals surface area contributed by atoms with E-state index < -0.39 is 29.7 Å². The minimum atomic E-state index is -1.05. The van der Waals surface area contributed by atoms with E-state index in [0.29, 0.717) is 43.8 Å². The van der Waals surface area contributed by atoms with Gasteiger partial charge in [-0.1, -0.05) is 26.8 Å². The first-order valence-electron chi connectivity index (χ1n) is 13.9. The number of carbonyl (C=O) groups excluding carboxylic acids is 2. The summed E-state index contributed by atoms with van der Waals surface area (Å²) in [6.45, 7) is 8.46. The largest absolute Gasteiger partial charge is 0.389 e. The predicted octanol–water partition coefficient (Wildman–Crippen LogP) is 4.09. The first kappa shape index (κ1) is 30.7. The zero-order valence-electron chi connectivity index (χ0n) is 23.1. The first-order valence-corrected chi connectivity index (χ1v) is 13.9. The predicted molar refractivity (Wildman–Crippen MR) is 147 cm³/mol. The van der Waals surface area contributed by atoms with E-state index in [9.17, 15) is 23.5 Å². The summed E-state index contributed by atoms with van der Waals surface area (Å²) in [5.41, 5.74) is 0.981. The van der Waals surface area contributed by atoms with Crippen molar-refractivity contribution in [1.82, 2.24) is 15.5 Å². The van der Waals surface area contributed by atoms with Crippen molar-refractivity contribution in [2.45, 2.75) is 77.2 Å². The van der Waals surface area contributed by atoms with Crippen LogP contribution in [0.4, 0.5) is 8.78 Å². The molecule has 3 rings (SSSR count). The van der Waals surface area contributed by atoms with Gasteiger partial charge in [0.2, 0.25) is 0 Å². The first-order chi connectivity index (χ1) is 18.7. The molecule has 0 aliphatic carbocycles. The van der Waals surface area contributed by atoms with Gasteiger partial charge in [-0.15, -0.1) is 0 Å². The molecule has 1 heterocycles. The number of aliphatic hydroxyl groups is 1. The van der Waals surface area contributed by atoms with E-state index in [1.807, 2.05) is 20.8 Å². The molecule has 1 aliphatic rings. The Bertz CT molecular complexity index is 1070. The number of aliphatic hydroxyl groups excluding tert-OH is 1. The summed E-state index contributed by atoms with van der Waals surface area (Å²) < 4.78 is 33.6. The fraction of sp³-hybridized carbons (Fsp3) is 0.533. The van der Waals surface area contributed by atoms with Crippen LogP contribution in [0.1, 0.15) is 72.7 Å². The van der Waals surface area contributed by atoms with Crippen molar-refractivity contribution in [3.05, 3.63) is 70.8 Å². The van der Waals surface area contributed by atoms with Crippen LogP contribution < -0.4 is 10.6 Å². The lowest BCUT2D eigenvalue weighted by molar-refractivity contribution is 0.0514. The molecular formula is C30H41F2N3O4. The monoisotopic (exact) mass is 545 g/mol. The molecule has 0 spiro atoms. The average molecular weight is 546 g/mol. The Labute approximate surface area is 229 Å². The molecule has 9 heteroatoms. The molecule has 7 nitrogen and oxygen atoms in total. The number of hydrogen-bond acceptors (Lipinski definition) is 5. The number of rotatable bonds is 14. The molecule has 0 bridgehead atoms. The molecule has 1 fully saturated rings. The number of benzene rings is 2. The third-order valence-corrected chi connectivity index (χ3v) is 6.85. The van der Waals surface area contributed by atoms with Gasteiger partial charge in [0.1, 0.15) is 11.6 Å². The standard InChI is InChI=1S/C30H41F2N3O4/c1-4-10-35(11-5-2)30(38)22-9-7-8-21(16-22)29(37)34-27(15-20-13-23(31)17-24(32)14-20)28(36)26-18-25(19-33-26)39-12-6-3/h7-9,13-14,16-17,25-28,33,36H,4-6,10-12,15,18-19H2,1-3H3,(H,34,37)/t25-,26-,27+,28-/m1/s1. The molecule has 1 aliphatic heterocycles. The van der Waals surface area contributed by atoms with E-state index in [2.05, 4.69) is 10.6 Å². The molecule has 3 N–H and O–H groups in total. The SMILES string of the molecule is CCCO[C@H]1CN[C@@H]([C@@H](O)[C@H](Cc2cc(F)cc(F)c2)NC(=O)c2cccc(C(=O)N(CCC)CCC)c2)C1. The smallest absolute Gasteiger partial charge is 0.253 e. The summed E-state index contributed by atoms with van der Waals surface area (Å²) in [6, 6.07) is 8.42. The van der Waals surface area contributed by atoms with Crippen molar-refractivity contribution >= 4 is 11.8 Å². The van der Waals surface area contributed by atoms with Gasteiger partial charge in [0.15, 0.2) is 0 Å². The van der Waals surface area contributed by atoms with Crippen LogP contribution >= 0.6 is 0 Å². The molecule has 39 heavy (non-hydrogen) atoms. The summed E-state index contributed by atoms with van der Waals surface area (Å²) >= 11 is 0. The Balaban J connectivity index is 1.80. The molecule has 214 valence electrons. The normalized spacial score (nSPS) is 18.5. The second kappa shape index (κ2) is 15.1. The van der Waals surface area contributed by atoms with Gasteiger partial charge in [0.25, 0.3) is 11.8 Å². The molecule has 0 unspecified atom stereocenters. The third-order valence-electron chi connectivity index (χ3n) is 6.85. The highest BCUT2D eigenvalue weighted by Gasteiger charge is 2.35. The third kappa shape index (κ3) is 8.81. The number of halogens is 2. The van der Waals surface area contributed by atoms with Crippen molar-refractivity contribution in [3.63, 3.8) is 0 Å². The fourth-order valence-corrected chi connectivity index (χ4v) is 5.01. The van der Waals surface area contributed by atoms with Gasteiger partial charge < -0.3 is 25.4 Å². The maximum Gasteiger partial charge on any atom is 0.253 e. The summed E-state index contributed by atoms with van der Waals surface area (Å²) in [5, 5.41) is 17.4. The minimum Gasteiger partial charge on any atom is -0.389 e. The highest BCUT2D eigenvalue weighted by atomic mass is 19.1. The molecule has 0 aromatic heterocycles. The lowest BCUT2D eigenvalue weighted by atomic mass is 9.94. The van der Waals surface area contributed by atoms with Gasteiger partial charge in [-0.05, 0) is 68.0 Å². The lowest BCUT2D eigenvalue weighted by Gasteiger charge is -2.29. The van der Waals surface area contributed by atoms with E-state index in [0.717, 1.165) is 25.3 Å². The molecule has 4 atom stereocenters. The van der Waals surface area contributed by atoms with Crippen molar-refractivity contribution in [3.8, 4) is 0 Å². The highest BCUT2D eigenvalue weighted by molar-refractivity contribution is 5.99. The fourth-order valence-electron chi connectivity index (χ4n) is 5.01. The van der Waals surface area contributed by atoms with E-state index in [1.54, 1.807) is 29.2 Å². The second-order valence-corrected chi connectivity index (χ2v) is 10.2. The number of ether oxygens (including phenoxy) is 1. The Morgan fingerprint density at radius 1 is 1.05 bits per heavy atom. The van der Waals surface area contributed by atoms with Gasteiger partial charge in [0.05, 0.1) is 18.2 Å². The molecule has 0 radical (unpaired) electrons. The van der Waals surface area contributed by atoms with Crippen LogP contribution in [-0.4, -0.2) is 72.4 Å². The van der Waals surface area contributed by atoms with Gasteiger partial charge >= 0.3 is 0 Å². The topological polar surface area (TPSA) is 90.9 Å². The number of nitrogens with zero attached hydrogens (tertiary/aromatic N) is 1. The summed E-state index contributed by atoms with van der Waals surface area (Å²) in [7, 11) is 0. The van der Waals surface area contributed by atoms with Crippen molar-refractivity contribution in [1.29, 1.82) is 0 Å². The molecular weight excluding hydrogens is 504 g/mol. The Hall–Kier alpha value is -2.88. The summed E-state index contributed by atoms with van der Waals surface area (Å²) in [5.74, 6) is -2.09. The minimum absolute atomic E-state index is 0.0135. The zero-order chi connectivity index (χ0) is 28.4. The van der Waals surface area contributed by atoms with Crippen molar-refractivity contribution in [2.24, 2.45) is 0 Å². The zero-order valence-corrected chi connectivity index (χ0v) is 23.1. The maximum absolute atomic E-state index is 13.9. The summed E-state index contributed by atoms with van der Waals surface area (Å²) in [4.78, 5) is 28.2.